The van der Waals surface area contributed by atoms with E-state index in [4.69, 9.17) is 0 Å². The summed E-state index contributed by atoms with van der Waals surface area (Å²) in [4.78, 5) is 11.9. The lowest BCUT2D eigenvalue weighted by molar-refractivity contribution is 0.591. The molecule has 1 aromatic heterocycles. The number of nitrogens with zero attached hydrogens (tertiary/aromatic N) is 2. The SMILES string of the molecule is C=CCn1ncc(NCC(C)CC)c(Br)c1=O. The Morgan fingerprint density at radius 2 is 2.41 bits per heavy atom. The molecule has 5 heteroatoms. The van der Waals surface area contributed by atoms with E-state index in [1.165, 1.54) is 4.68 Å². The van der Waals surface area contributed by atoms with E-state index in [1.54, 1.807) is 12.3 Å². The molecule has 0 aliphatic heterocycles. The lowest BCUT2D eigenvalue weighted by atomic mass is 10.1. The number of nitrogens with one attached hydrogen (secondary N) is 1. The molecular weight excluding hydrogens is 282 g/mol. The van der Waals surface area contributed by atoms with Gasteiger partial charge in [0.25, 0.3) is 5.56 Å². The lowest BCUT2D eigenvalue weighted by Gasteiger charge is -2.12. The molecule has 0 fully saturated rings. The van der Waals surface area contributed by atoms with Crippen LogP contribution in [0.5, 0.6) is 0 Å². The van der Waals surface area contributed by atoms with Gasteiger partial charge < -0.3 is 5.32 Å². The Hall–Kier alpha value is -1.10. The topological polar surface area (TPSA) is 46.9 Å². The minimum Gasteiger partial charge on any atom is -0.382 e. The fourth-order valence-electron chi connectivity index (χ4n) is 1.27. The predicted octanol–water partition coefficient (Wildman–Crippen LogP) is 2.65. The molecule has 0 bridgehead atoms. The third-order valence-corrected chi connectivity index (χ3v) is 3.39. The zero-order valence-electron chi connectivity index (χ0n) is 10.2. The van der Waals surface area contributed by atoms with E-state index >= 15 is 0 Å². The molecule has 1 N–H and O–H groups in total. The molecule has 0 aliphatic carbocycles. The normalized spacial score (nSPS) is 12.2. The first kappa shape index (κ1) is 14.0. The van der Waals surface area contributed by atoms with Gasteiger partial charge in [0.15, 0.2) is 0 Å². The Morgan fingerprint density at radius 3 is 3.00 bits per heavy atom. The second kappa shape index (κ2) is 6.59. The van der Waals surface area contributed by atoms with Crippen LogP contribution in [0.15, 0.2) is 28.1 Å². The zero-order valence-corrected chi connectivity index (χ0v) is 11.8. The molecule has 0 spiro atoms. The molecule has 1 aromatic rings. The van der Waals surface area contributed by atoms with Crippen LogP contribution in [0, 0.1) is 5.92 Å². The predicted molar refractivity (Wildman–Crippen MR) is 74.3 cm³/mol. The van der Waals surface area contributed by atoms with Gasteiger partial charge in [0.2, 0.25) is 0 Å². The Labute approximate surface area is 110 Å². The number of anilines is 1. The minimum atomic E-state index is -0.140. The fourth-order valence-corrected chi connectivity index (χ4v) is 1.72. The average molecular weight is 300 g/mol. The van der Waals surface area contributed by atoms with Gasteiger partial charge in [-0.1, -0.05) is 26.3 Å². The van der Waals surface area contributed by atoms with Crippen molar-refractivity contribution >= 4 is 21.6 Å². The van der Waals surface area contributed by atoms with Crippen LogP contribution in [-0.2, 0) is 6.54 Å². The molecule has 0 aromatic carbocycles. The molecule has 17 heavy (non-hydrogen) atoms. The number of rotatable bonds is 6. The first-order chi connectivity index (χ1) is 8.10. The average Bonchev–Trinajstić information content (AvgIpc) is 2.34. The molecular formula is C12H18BrN3O. The highest BCUT2D eigenvalue weighted by atomic mass is 79.9. The van der Waals surface area contributed by atoms with Gasteiger partial charge >= 0.3 is 0 Å². The molecule has 0 amide bonds. The molecule has 0 saturated heterocycles. The van der Waals surface area contributed by atoms with Gasteiger partial charge in [0.05, 0.1) is 18.4 Å². The van der Waals surface area contributed by atoms with Crippen LogP contribution in [0.3, 0.4) is 0 Å². The Balaban J connectivity index is 2.85. The quantitative estimate of drug-likeness (QED) is 0.822. The molecule has 1 atom stereocenters. The Morgan fingerprint density at radius 1 is 1.71 bits per heavy atom. The van der Waals surface area contributed by atoms with Crippen molar-refractivity contribution in [1.29, 1.82) is 0 Å². The van der Waals surface area contributed by atoms with Gasteiger partial charge in [-0.15, -0.1) is 6.58 Å². The first-order valence-electron chi connectivity index (χ1n) is 5.70. The van der Waals surface area contributed by atoms with Gasteiger partial charge in [-0.2, -0.15) is 5.10 Å². The second-order valence-electron chi connectivity index (χ2n) is 4.04. The molecule has 1 rings (SSSR count). The van der Waals surface area contributed by atoms with Crippen LogP contribution >= 0.6 is 15.9 Å². The van der Waals surface area contributed by atoms with Gasteiger partial charge in [-0.05, 0) is 21.8 Å². The van der Waals surface area contributed by atoms with Crippen LogP contribution < -0.4 is 10.9 Å². The van der Waals surface area contributed by atoms with Crippen molar-refractivity contribution in [2.24, 2.45) is 5.92 Å². The van der Waals surface area contributed by atoms with Crippen molar-refractivity contribution in [3.8, 4) is 0 Å². The summed E-state index contributed by atoms with van der Waals surface area (Å²) in [5.41, 5.74) is 0.606. The summed E-state index contributed by atoms with van der Waals surface area (Å²) >= 11 is 3.30. The van der Waals surface area contributed by atoms with E-state index in [2.05, 4.69) is 46.8 Å². The number of hydrogen-bond acceptors (Lipinski definition) is 3. The van der Waals surface area contributed by atoms with Gasteiger partial charge in [-0.3, -0.25) is 4.79 Å². The van der Waals surface area contributed by atoms with Gasteiger partial charge in [0.1, 0.15) is 4.47 Å². The molecule has 0 radical (unpaired) electrons. The van der Waals surface area contributed by atoms with E-state index in [0.717, 1.165) is 18.7 Å². The van der Waals surface area contributed by atoms with E-state index in [9.17, 15) is 4.79 Å². The summed E-state index contributed by atoms with van der Waals surface area (Å²) in [6.07, 6.45) is 4.41. The monoisotopic (exact) mass is 299 g/mol. The van der Waals surface area contributed by atoms with E-state index in [0.29, 0.717) is 16.9 Å². The summed E-state index contributed by atoms with van der Waals surface area (Å²) in [5.74, 6) is 0.567. The fraction of sp³-hybridized carbons (Fsp3) is 0.500. The molecule has 94 valence electrons. The summed E-state index contributed by atoms with van der Waals surface area (Å²) in [6, 6.07) is 0. The van der Waals surface area contributed by atoms with Crippen molar-refractivity contribution < 1.29 is 0 Å². The van der Waals surface area contributed by atoms with E-state index < -0.39 is 0 Å². The van der Waals surface area contributed by atoms with Crippen LogP contribution in [0.2, 0.25) is 0 Å². The first-order valence-corrected chi connectivity index (χ1v) is 6.49. The highest BCUT2D eigenvalue weighted by molar-refractivity contribution is 9.10. The lowest BCUT2D eigenvalue weighted by Crippen LogP contribution is -2.24. The Bertz CT molecular complexity index is 442. The van der Waals surface area contributed by atoms with Crippen molar-refractivity contribution in [1.82, 2.24) is 9.78 Å². The minimum absolute atomic E-state index is 0.140. The third-order valence-electron chi connectivity index (χ3n) is 2.62. The van der Waals surface area contributed by atoms with Crippen LogP contribution in [0.1, 0.15) is 20.3 Å². The number of allylic oxidation sites excluding steroid dienone is 1. The highest BCUT2D eigenvalue weighted by Crippen LogP contribution is 2.16. The van der Waals surface area contributed by atoms with E-state index in [-0.39, 0.29) is 5.56 Å². The zero-order chi connectivity index (χ0) is 12.8. The van der Waals surface area contributed by atoms with Crippen molar-refractivity contribution in [3.63, 3.8) is 0 Å². The maximum Gasteiger partial charge on any atom is 0.283 e. The molecule has 1 heterocycles. The van der Waals surface area contributed by atoms with Crippen LogP contribution in [0.4, 0.5) is 5.69 Å². The number of aromatic nitrogens is 2. The van der Waals surface area contributed by atoms with Crippen molar-refractivity contribution in [2.45, 2.75) is 26.8 Å². The smallest absolute Gasteiger partial charge is 0.283 e. The van der Waals surface area contributed by atoms with E-state index in [1.807, 2.05) is 0 Å². The second-order valence-corrected chi connectivity index (χ2v) is 4.84. The van der Waals surface area contributed by atoms with Gasteiger partial charge in [0, 0.05) is 6.54 Å². The van der Waals surface area contributed by atoms with Gasteiger partial charge in [-0.25, -0.2) is 4.68 Å². The largest absolute Gasteiger partial charge is 0.382 e. The van der Waals surface area contributed by atoms with Crippen LogP contribution in [0.25, 0.3) is 0 Å². The summed E-state index contributed by atoms with van der Waals surface area (Å²) in [7, 11) is 0. The standard InChI is InChI=1S/C12H18BrN3O/c1-4-6-16-12(17)11(13)10(8-15-16)14-7-9(3)5-2/h4,8-9,14H,1,5-7H2,2-3H3. The number of halogens is 1. The molecule has 0 aliphatic rings. The number of hydrogen-bond donors (Lipinski definition) is 1. The highest BCUT2D eigenvalue weighted by Gasteiger charge is 2.08. The third kappa shape index (κ3) is 3.70. The summed E-state index contributed by atoms with van der Waals surface area (Å²) in [5, 5.41) is 7.30. The van der Waals surface area contributed by atoms with Crippen molar-refractivity contribution in [3.05, 3.63) is 33.7 Å². The van der Waals surface area contributed by atoms with Crippen LogP contribution in [-0.4, -0.2) is 16.3 Å². The summed E-state index contributed by atoms with van der Waals surface area (Å²) < 4.78 is 1.89. The maximum atomic E-state index is 11.9. The molecule has 0 saturated carbocycles. The van der Waals surface area contributed by atoms with Crippen molar-refractivity contribution in [2.75, 3.05) is 11.9 Å². The molecule has 1 unspecified atom stereocenters. The Kier molecular flexibility index (Phi) is 5.41. The maximum absolute atomic E-state index is 11.9. The molecule has 4 nitrogen and oxygen atoms in total. The summed E-state index contributed by atoms with van der Waals surface area (Å²) in [6.45, 7) is 9.14.